The molecule has 9 heteroatoms. The van der Waals surface area contributed by atoms with Gasteiger partial charge in [0.15, 0.2) is 0 Å². The van der Waals surface area contributed by atoms with Crippen molar-refractivity contribution in [2.24, 2.45) is 5.73 Å². The summed E-state index contributed by atoms with van der Waals surface area (Å²) in [5.41, 5.74) is 4.42. The van der Waals surface area contributed by atoms with E-state index in [1.54, 1.807) is 6.07 Å². The molecule has 0 saturated carbocycles. The number of nitriles is 1. The van der Waals surface area contributed by atoms with Gasteiger partial charge in [-0.2, -0.15) is 5.26 Å². The molecule has 0 aliphatic heterocycles. The molecule has 0 heterocycles. The molecule has 0 radical (unpaired) electrons. The maximum atomic E-state index is 11.3. The van der Waals surface area contributed by atoms with E-state index in [0.717, 1.165) is 12.1 Å². The Morgan fingerprint density at radius 2 is 2.12 bits per heavy atom. The van der Waals surface area contributed by atoms with E-state index in [-0.39, 0.29) is 12.1 Å². The molecule has 90 valence electrons. The van der Waals surface area contributed by atoms with Gasteiger partial charge < -0.3 is 5.73 Å². The molecule has 2 N–H and O–H groups in total. The van der Waals surface area contributed by atoms with Crippen molar-refractivity contribution in [3.8, 4) is 6.07 Å². The van der Waals surface area contributed by atoms with E-state index >= 15 is 0 Å². The van der Waals surface area contributed by atoms with Gasteiger partial charge in [-0.1, -0.05) is 0 Å². The van der Waals surface area contributed by atoms with Crippen LogP contribution in [0, 0.1) is 21.4 Å². The van der Waals surface area contributed by atoms with Crippen LogP contribution in [0.5, 0.6) is 0 Å². The third kappa shape index (κ3) is 2.71. The van der Waals surface area contributed by atoms with E-state index in [1.807, 2.05) is 0 Å². The lowest BCUT2D eigenvalue weighted by atomic mass is 10.1. The number of nitrogens with two attached hydrogens (primary N) is 1. The van der Waals surface area contributed by atoms with Gasteiger partial charge in [-0.3, -0.25) is 10.1 Å². The van der Waals surface area contributed by atoms with Gasteiger partial charge in [0.2, 0.25) is 0 Å². The molecule has 0 fully saturated rings. The second-order valence-electron chi connectivity index (χ2n) is 2.99. The van der Waals surface area contributed by atoms with E-state index in [2.05, 4.69) is 0 Å². The average Bonchev–Trinajstić information content (AvgIpc) is 2.25. The van der Waals surface area contributed by atoms with Crippen molar-refractivity contribution in [1.29, 1.82) is 5.26 Å². The zero-order chi connectivity index (χ0) is 13.2. The summed E-state index contributed by atoms with van der Waals surface area (Å²) >= 11 is 0. The highest BCUT2D eigenvalue weighted by Gasteiger charge is 2.24. The smallest absolute Gasteiger partial charge is 0.271 e. The summed E-state index contributed by atoms with van der Waals surface area (Å²) in [6, 6.07) is 3.37. The van der Waals surface area contributed by atoms with Gasteiger partial charge in [-0.05, 0) is 5.56 Å². The summed E-state index contributed by atoms with van der Waals surface area (Å²) in [5, 5.41) is 19.3. The van der Waals surface area contributed by atoms with Crippen molar-refractivity contribution in [3.05, 3.63) is 33.4 Å². The highest BCUT2D eigenvalue weighted by Crippen LogP contribution is 2.28. The van der Waals surface area contributed by atoms with Crippen molar-refractivity contribution in [2.75, 3.05) is 0 Å². The molecule has 0 aromatic heterocycles. The van der Waals surface area contributed by atoms with Crippen LogP contribution in [0.15, 0.2) is 17.0 Å². The lowest BCUT2D eigenvalue weighted by Gasteiger charge is -2.06. The van der Waals surface area contributed by atoms with E-state index in [4.69, 9.17) is 21.7 Å². The molecule has 17 heavy (non-hydrogen) atoms. The number of nitrogens with zero attached hydrogens (tertiary/aromatic N) is 2. The van der Waals surface area contributed by atoms with Crippen molar-refractivity contribution in [1.82, 2.24) is 0 Å². The van der Waals surface area contributed by atoms with Crippen LogP contribution < -0.4 is 5.73 Å². The monoisotopic (exact) mass is 275 g/mol. The van der Waals surface area contributed by atoms with Crippen LogP contribution >= 0.6 is 10.7 Å². The third-order valence-electron chi connectivity index (χ3n) is 1.95. The fourth-order valence-electron chi connectivity index (χ4n) is 1.30. The predicted molar refractivity (Wildman–Crippen MR) is 58.7 cm³/mol. The molecule has 0 atom stereocenters. The maximum Gasteiger partial charge on any atom is 0.271 e. The van der Waals surface area contributed by atoms with Gasteiger partial charge in [-0.15, -0.1) is 0 Å². The van der Waals surface area contributed by atoms with Gasteiger partial charge >= 0.3 is 0 Å². The summed E-state index contributed by atoms with van der Waals surface area (Å²) in [6.45, 7) is -0.280. The van der Waals surface area contributed by atoms with Crippen LogP contribution in [0.1, 0.15) is 11.1 Å². The molecule has 1 rings (SSSR count). The lowest BCUT2D eigenvalue weighted by molar-refractivity contribution is -0.385. The standard InChI is InChI=1S/C8H6ClN3O4S/c9-17(15,16)8-5(3-10)1-7(12(13)14)2-6(8)4-11/h1-2H,3,10H2. The van der Waals surface area contributed by atoms with E-state index in [9.17, 15) is 18.5 Å². The summed E-state index contributed by atoms with van der Waals surface area (Å²) < 4.78 is 22.5. The van der Waals surface area contributed by atoms with Crippen LogP contribution in [-0.4, -0.2) is 13.3 Å². The molecular weight excluding hydrogens is 270 g/mol. The van der Waals surface area contributed by atoms with Crippen LogP contribution in [0.3, 0.4) is 0 Å². The molecule has 0 spiro atoms. The average molecular weight is 276 g/mol. The van der Waals surface area contributed by atoms with Crippen molar-refractivity contribution < 1.29 is 13.3 Å². The summed E-state index contributed by atoms with van der Waals surface area (Å²) in [5.74, 6) is 0. The Morgan fingerprint density at radius 3 is 2.47 bits per heavy atom. The van der Waals surface area contributed by atoms with Gasteiger partial charge in [0.25, 0.3) is 14.7 Å². The van der Waals surface area contributed by atoms with Crippen LogP contribution in [0.25, 0.3) is 0 Å². The molecule has 0 amide bonds. The Labute approximate surface area is 101 Å². The second-order valence-corrected chi connectivity index (χ2v) is 5.50. The number of nitro groups is 1. The largest absolute Gasteiger partial charge is 0.326 e. The second kappa shape index (κ2) is 4.67. The summed E-state index contributed by atoms with van der Waals surface area (Å²) in [4.78, 5) is 9.35. The molecular formula is C8H6ClN3O4S. The fourth-order valence-corrected chi connectivity index (χ4v) is 2.67. The minimum absolute atomic E-state index is 0.0641. The van der Waals surface area contributed by atoms with E-state index in [0.29, 0.717) is 0 Å². The third-order valence-corrected chi connectivity index (χ3v) is 3.38. The molecule has 0 unspecified atom stereocenters. The minimum Gasteiger partial charge on any atom is -0.326 e. The molecule has 0 bridgehead atoms. The normalized spacial score (nSPS) is 10.9. The Balaban J connectivity index is 3.73. The first-order chi connectivity index (χ1) is 7.81. The van der Waals surface area contributed by atoms with Crippen LogP contribution in [0.2, 0.25) is 0 Å². The van der Waals surface area contributed by atoms with E-state index < -0.39 is 30.1 Å². The van der Waals surface area contributed by atoms with Crippen LogP contribution in [0.4, 0.5) is 5.69 Å². The van der Waals surface area contributed by atoms with Crippen molar-refractivity contribution in [3.63, 3.8) is 0 Å². The maximum absolute atomic E-state index is 11.3. The molecule has 0 aliphatic carbocycles. The zero-order valence-corrected chi connectivity index (χ0v) is 9.83. The number of rotatable bonds is 3. The molecule has 7 nitrogen and oxygen atoms in total. The highest BCUT2D eigenvalue weighted by molar-refractivity contribution is 8.13. The zero-order valence-electron chi connectivity index (χ0n) is 8.25. The fraction of sp³-hybridized carbons (Fsp3) is 0.125. The van der Waals surface area contributed by atoms with Gasteiger partial charge in [-0.25, -0.2) is 8.42 Å². The van der Waals surface area contributed by atoms with Gasteiger partial charge in [0.05, 0.1) is 10.5 Å². The molecule has 1 aromatic carbocycles. The predicted octanol–water partition coefficient (Wildman–Crippen LogP) is 0.853. The van der Waals surface area contributed by atoms with E-state index in [1.165, 1.54) is 0 Å². The Morgan fingerprint density at radius 1 is 1.53 bits per heavy atom. The number of halogens is 1. The minimum atomic E-state index is -4.18. The van der Waals surface area contributed by atoms with Gasteiger partial charge in [0.1, 0.15) is 11.0 Å². The molecule has 0 aliphatic rings. The number of hydrogen-bond donors (Lipinski definition) is 1. The first-order valence-corrected chi connectivity index (χ1v) is 6.48. The summed E-state index contributed by atoms with van der Waals surface area (Å²) in [6.07, 6.45) is 0. The van der Waals surface area contributed by atoms with Crippen molar-refractivity contribution >= 4 is 25.4 Å². The van der Waals surface area contributed by atoms with Crippen molar-refractivity contribution in [2.45, 2.75) is 11.4 Å². The summed E-state index contributed by atoms with van der Waals surface area (Å²) in [7, 11) is 0.970. The topological polar surface area (TPSA) is 127 Å². The Bertz CT molecular complexity index is 620. The molecule has 1 aromatic rings. The first-order valence-electron chi connectivity index (χ1n) is 4.17. The Hall–Kier alpha value is -1.69. The van der Waals surface area contributed by atoms with Gasteiger partial charge in [0, 0.05) is 29.4 Å². The SMILES string of the molecule is N#Cc1cc([N+](=O)[O-])cc(CN)c1S(=O)(=O)Cl. The quantitative estimate of drug-likeness (QED) is 0.495. The number of hydrogen-bond acceptors (Lipinski definition) is 6. The number of nitro benzene ring substituents is 1. The number of benzene rings is 1. The molecule has 0 saturated heterocycles. The first kappa shape index (κ1) is 13.4. The number of non-ortho nitro benzene ring substituents is 1. The highest BCUT2D eigenvalue weighted by atomic mass is 35.7. The van der Waals surface area contributed by atoms with Crippen LogP contribution in [-0.2, 0) is 15.6 Å². The lowest BCUT2D eigenvalue weighted by Crippen LogP contribution is -2.07. The Kier molecular flexibility index (Phi) is 3.67.